The van der Waals surface area contributed by atoms with E-state index in [-0.39, 0.29) is 0 Å². The van der Waals surface area contributed by atoms with Gasteiger partial charge in [0, 0.05) is 6.61 Å². The van der Waals surface area contributed by atoms with Crippen molar-refractivity contribution in [1.29, 1.82) is 0 Å². The Labute approximate surface area is 301 Å². The van der Waals surface area contributed by atoms with Gasteiger partial charge in [-0.3, -0.25) is 0 Å². The molecule has 49 heavy (non-hydrogen) atoms. The highest BCUT2D eigenvalue weighted by Crippen LogP contribution is 2.15. The molecule has 0 saturated carbocycles. The van der Waals surface area contributed by atoms with E-state index >= 15 is 0 Å². The maximum absolute atomic E-state index is 5.78. The van der Waals surface area contributed by atoms with Gasteiger partial charge in [0.15, 0.2) is 0 Å². The normalized spacial score (nSPS) is 11.5. The van der Waals surface area contributed by atoms with Gasteiger partial charge in [0.25, 0.3) is 0 Å². The topological polar surface area (TPSA) is 73.8 Å². The number of ether oxygens (including phenoxy) is 8. The van der Waals surface area contributed by atoms with E-state index in [1.54, 1.807) is 0 Å². The lowest BCUT2D eigenvalue weighted by atomic mass is 10.0. The van der Waals surface area contributed by atoms with Crippen LogP contribution in [0.15, 0.2) is 24.3 Å². The predicted molar refractivity (Wildman–Crippen MR) is 201 cm³/mol. The lowest BCUT2D eigenvalue weighted by Gasteiger charge is -2.09. The van der Waals surface area contributed by atoms with Crippen LogP contribution in [0.1, 0.15) is 129 Å². The van der Waals surface area contributed by atoms with E-state index in [0.717, 1.165) is 25.2 Å². The van der Waals surface area contributed by atoms with Gasteiger partial charge in [0.2, 0.25) is 0 Å². The number of aryl methyl sites for hydroxylation is 1. The fraction of sp³-hybridized carbons (Fsp3) is 0.854. The molecule has 0 atom stereocenters. The second-order valence-electron chi connectivity index (χ2n) is 12.8. The summed E-state index contributed by atoms with van der Waals surface area (Å²) < 4.78 is 44.8. The maximum Gasteiger partial charge on any atom is 0.119 e. The third kappa shape index (κ3) is 34.9. The van der Waals surface area contributed by atoms with Crippen LogP contribution in [0.2, 0.25) is 0 Å². The van der Waals surface area contributed by atoms with Crippen molar-refractivity contribution < 1.29 is 37.9 Å². The van der Waals surface area contributed by atoms with E-state index in [1.165, 1.54) is 108 Å². The van der Waals surface area contributed by atoms with Crippen LogP contribution in [0.5, 0.6) is 5.75 Å². The molecular formula is C41H76O8. The molecule has 0 radical (unpaired) electrons. The van der Waals surface area contributed by atoms with Crippen molar-refractivity contribution >= 4 is 0 Å². The van der Waals surface area contributed by atoms with E-state index in [9.17, 15) is 0 Å². The molecule has 0 aliphatic carbocycles. The molecule has 0 bridgehead atoms. The summed E-state index contributed by atoms with van der Waals surface area (Å²) in [6.45, 7) is 13.2. The van der Waals surface area contributed by atoms with Gasteiger partial charge in [-0.05, 0) is 37.0 Å². The zero-order chi connectivity index (χ0) is 35.0. The highest BCUT2D eigenvalue weighted by atomic mass is 16.6. The minimum atomic E-state index is 0.535. The molecule has 0 heterocycles. The van der Waals surface area contributed by atoms with Crippen LogP contribution in [-0.4, -0.2) is 99.1 Å². The number of hydrogen-bond acceptors (Lipinski definition) is 8. The van der Waals surface area contributed by atoms with Crippen LogP contribution in [0.3, 0.4) is 0 Å². The van der Waals surface area contributed by atoms with E-state index in [1.807, 2.05) is 0 Å². The molecule has 0 unspecified atom stereocenters. The molecule has 1 aromatic rings. The van der Waals surface area contributed by atoms with Gasteiger partial charge in [0.1, 0.15) is 12.4 Å². The first-order valence-electron chi connectivity index (χ1n) is 20.1. The fourth-order valence-corrected chi connectivity index (χ4v) is 5.37. The van der Waals surface area contributed by atoms with Crippen LogP contribution < -0.4 is 4.74 Å². The molecule has 0 aliphatic heterocycles. The Morgan fingerprint density at radius 3 is 1.00 bits per heavy atom. The van der Waals surface area contributed by atoms with Gasteiger partial charge in [-0.1, -0.05) is 122 Å². The van der Waals surface area contributed by atoms with Crippen LogP contribution >= 0.6 is 0 Å². The zero-order valence-electron chi connectivity index (χ0n) is 31.9. The van der Waals surface area contributed by atoms with Gasteiger partial charge in [-0.15, -0.1) is 0 Å². The largest absolute Gasteiger partial charge is 0.491 e. The van der Waals surface area contributed by atoms with Gasteiger partial charge in [0.05, 0.1) is 85.9 Å². The summed E-state index contributed by atoms with van der Waals surface area (Å²) in [6, 6.07) is 8.47. The third-order valence-corrected chi connectivity index (χ3v) is 8.36. The van der Waals surface area contributed by atoms with E-state index in [2.05, 4.69) is 38.1 Å². The smallest absolute Gasteiger partial charge is 0.119 e. The molecule has 0 N–H and O–H groups in total. The van der Waals surface area contributed by atoms with Crippen molar-refractivity contribution in [3.8, 4) is 5.75 Å². The molecule has 8 nitrogen and oxygen atoms in total. The standard InChI is InChI=1S/C41H76O8/c1-3-5-7-9-11-12-13-14-15-17-19-25-42-26-27-43-28-29-44-30-31-45-32-33-46-34-35-47-36-37-48-38-39-49-41-23-21-40(22-24-41)20-18-16-10-8-6-4-2/h21-24H,3-20,25-39H2,1-2H3. The summed E-state index contributed by atoms with van der Waals surface area (Å²) in [4.78, 5) is 0. The Kier molecular flexibility index (Phi) is 36.9. The summed E-state index contributed by atoms with van der Waals surface area (Å²) in [5, 5.41) is 0. The summed E-state index contributed by atoms with van der Waals surface area (Å²) >= 11 is 0. The lowest BCUT2D eigenvalue weighted by Crippen LogP contribution is -2.15. The summed E-state index contributed by atoms with van der Waals surface area (Å²) in [5.41, 5.74) is 1.39. The molecule has 288 valence electrons. The Morgan fingerprint density at radius 1 is 0.306 bits per heavy atom. The molecular weight excluding hydrogens is 620 g/mol. The van der Waals surface area contributed by atoms with Crippen LogP contribution in [0.25, 0.3) is 0 Å². The van der Waals surface area contributed by atoms with Crippen molar-refractivity contribution in [3.63, 3.8) is 0 Å². The molecule has 1 rings (SSSR count). The maximum atomic E-state index is 5.78. The Hall–Kier alpha value is -1.26. The van der Waals surface area contributed by atoms with Gasteiger partial charge < -0.3 is 37.9 Å². The average molecular weight is 697 g/mol. The van der Waals surface area contributed by atoms with Crippen LogP contribution in [0, 0.1) is 0 Å². The molecule has 0 fully saturated rings. The highest BCUT2D eigenvalue weighted by Gasteiger charge is 1.99. The molecule has 8 heteroatoms. The molecule has 0 spiro atoms. The monoisotopic (exact) mass is 697 g/mol. The van der Waals surface area contributed by atoms with Crippen LogP contribution in [0.4, 0.5) is 0 Å². The van der Waals surface area contributed by atoms with E-state index in [4.69, 9.17) is 37.9 Å². The van der Waals surface area contributed by atoms with Gasteiger partial charge in [-0.25, -0.2) is 0 Å². The Morgan fingerprint density at radius 2 is 0.612 bits per heavy atom. The zero-order valence-corrected chi connectivity index (χ0v) is 31.9. The SMILES string of the molecule is CCCCCCCCCCCCCOCCOCCOCCOCCOCCOCCOCCOc1ccc(CCCCCCCC)cc1. The summed E-state index contributed by atoms with van der Waals surface area (Å²) in [7, 11) is 0. The number of hydrogen-bond donors (Lipinski definition) is 0. The van der Waals surface area contributed by atoms with Crippen LogP contribution in [-0.2, 0) is 39.6 Å². The second kappa shape index (κ2) is 39.5. The predicted octanol–water partition coefficient (Wildman–Crippen LogP) is 9.40. The molecule has 0 aliphatic rings. The van der Waals surface area contributed by atoms with Crippen molar-refractivity contribution in [2.75, 3.05) is 99.1 Å². The van der Waals surface area contributed by atoms with Gasteiger partial charge >= 0.3 is 0 Å². The number of unbranched alkanes of at least 4 members (excludes halogenated alkanes) is 15. The average Bonchev–Trinajstić information content (AvgIpc) is 3.12. The van der Waals surface area contributed by atoms with Gasteiger partial charge in [-0.2, -0.15) is 0 Å². The fourth-order valence-electron chi connectivity index (χ4n) is 5.37. The third-order valence-electron chi connectivity index (χ3n) is 8.36. The van der Waals surface area contributed by atoms with Crippen molar-refractivity contribution in [2.24, 2.45) is 0 Å². The second-order valence-corrected chi connectivity index (χ2v) is 12.8. The van der Waals surface area contributed by atoms with Crippen molar-refractivity contribution in [1.82, 2.24) is 0 Å². The molecule has 0 amide bonds. The quantitative estimate of drug-likeness (QED) is 0.0628. The Bertz CT molecular complexity index is 748. The minimum absolute atomic E-state index is 0.535. The number of benzene rings is 1. The van der Waals surface area contributed by atoms with Crippen molar-refractivity contribution in [3.05, 3.63) is 29.8 Å². The van der Waals surface area contributed by atoms with Crippen molar-refractivity contribution in [2.45, 2.75) is 129 Å². The minimum Gasteiger partial charge on any atom is -0.491 e. The Balaban J connectivity index is 1.69. The molecule has 1 aromatic carbocycles. The lowest BCUT2D eigenvalue weighted by molar-refractivity contribution is -0.0213. The molecule has 0 saturated heterocycles. The first kappa shape index (κ1) is 45.8. The molecule has 0 aromatic heterocycles. The summed E-state index contributed by atoms with van der Waals surface area (Å²) in [6.07, 6.45) is 24.1. The first-order valence-corrected chi connectivity index (χ1v) is 20.1. The van der Waals surface area contributed by atoms with E-state index in [0.29, 0.717) is 92.5 Å². The van der Waals surface area contributed by atoms with E-state index < -0.39 is 0 Å². The summed E-state index contributed by atoms with van der Waals surface area (Å²) in [5.74, 6) is 0.895. The number of rotatable bonds is 41. The first-order chi connectivity index (χ1) is 24.4. The highest BCUT2D eigenvalue weighted by molar-refractivity contribution is 5.27.